The Balaban J connectivity index is 3.70. The molecule has 10 nitrogen and oxygen atoms in total. The van der Waals surface area contributed by atoms with E-state index in [1.807, 2.05) is 27.7 Å². The Hall–Kier alpha value is -2.52. The third-order valence-electron chi connectivity index (χ3n) is 2.91. The second kappa shape index (κ2) is 14.6. The zero-order valence-corrected chi connectivity index (χ0v) is 16.2. The number of ether oxygens (including phenoxy) is 6. The van der Waals surface area contributed by atoms with Gasteiger partial charge < -0.3 is 28.4 Å². The molecule has 0 aromatic heterocycles. The molecule has 0 rings (SSSR count). The van der Waals surface area contributed by atoms with E-state index in [4.69, 9.17) is 9.47 Å². The summed E-state index contributed by atoms with van der Waals surface area (Å²) in [6.07, 6.45) is -1.34. The highest BCUT2D eigenvalue weighted by molar-refractivity contribution is 5.91. The van der Waals surface area contributed by atoms with Gasteiger partial charge in [0.05, 0.1) is 13.2 Å². The smallest absolute Gasteiger partial charge is 0.434 e. The summed E-state index contributed by atoms with van der Waals surface area (Å²) >= 11 is 0. The van der Waals surface area contributed by atoms with Crippen LogP contribution >= 0.6 is 0 Å². The normalized spacial score (nSPS) is 10.3. The molecule has 0 fully saturated rings. The van der Waals surface area contributed by atoms with Gasteiger partial charge in [-0.3, -0.25) is 9.59 Å². The predicted octanol–water partition coefficient (Wildman–Crippen LogP) is 2.78. The first-order valence-corrected chi connectivity index (χ1v) is 8.61. The molecule has 10 heteroatoms. The summed E-state index contributed by atoms with van der Waals surface area (Å²) in [5.74, 6) is -1.22. The Morgan fingerprint density at radius 1 is 0.593 bits per heavy atom. The Kier molecular flexibility index (Phi) is 13.3. The molecule has 0 spiro atoms. The zero-order chi connectivity index (χ0) is 20.7. The van der Waals surface area contributed by atoms with Crippen LogP contribution in [0.1, 0.15) is 47.0 Å². The molecule has 27 heavy (non-hydrogen) atoms. The Bertz CT molecular complexity index is 430. The van der Waals surface area contributed by atoms with Crippen molar-refractivity contribution in [3.05, 3.63) is 0 Å². The lowest BCUT2D eigenvalue weighted by Gasteiger charge is -2.09. The van der Waals surface area contributed by atoms with E-state index >= 15 is 0 Å². The van der Waals surface area contributed by atoms with Crippen LogP contribution < -0.4 is 0 Å². The van der Waals surface area contributed by atoms with Crippen molar-refractivity contribution in [2.75, 3.05) is 26.8 Å². The first-order chi connectivity index (χ1) is 12.7. The van der Waals surface area contributed by atoms with E-state index in [1.54, 1.807) is 0 Å². The van der Waals surface area contributed by atoms with Crippen molar-refractivity contribution < 1.29 is 47.6 Å². The molecule has 0 unspecified atom stereocenters. The lowest BCUT2D eigenvalue weighted by atomic mass is 10.1. The molecule has 0 amide bonds. The van der Waals surface area contributed by atoms with E-state index in [-0.39, 0.29) is 13.2 Å². The van der Waals surface area contributed by atoms with Gasteiger partial charge in [0.25, 0.3) is 0 Å². The molecule has 0 bridgehead atoms. The summed E-state index contributed by atoms with van der Waals surface area (Å²) in [6, 6.07) is 0. The highest BCUT2D eigenvalue weighted by atomic mass is 16.8. The maximum atomic E-state index is 11.4. The van der Waals surface area contributed by atoms with Gasteiger partial charge in [-0.05, 0) is 24.7 Å². The van der Waals surface area contributed by atoms with E-state index < -0.39 is 44.3 Å². The van der Waals surface area contributed by atoms with Crippen molar-refractivity contribution in [1.82, 2.24) is 0 Å². The first kappa shape index (κ1) is 24.5. The summed E-state index contributed by atoms with van der Waals surface area (Å²) < 4.78 is 27.5. The van der Waals surface area contributed by atoms with Crippen molar-refractivity contribution in [3.63, 3.8) is 0 Å². The van der Waals surface area contributed by atoms with Gasteiger partial charge in [-0.25, -0.2) is 9.59 Å². The quantitative estimate of drug-likeness (QED) is 0.212. The topological polar surface area (TPSA) is 124 Å². The summed E-state index contributed by atoms with van der Waals surface area (Å²) in [5, 5.41) is 0. The molecular weight excluding hydrogens is 364 g/mol. The third kappa shape index (κ3) is 16.7. The van der Waals surface area contributed by atoms with E-state index in [0.717, 1.165) is 0 Å². The van der Waals surface area contributed by atoms with Crippen LogP contribution in [0.4, 0.5) is 9.59 Å². The van der Waals surface area contributed by atoms with Crippen molar-refractivity contribution in [2.45, 2.75) is 47.0 Å². The van der Waals surface area contributed by atoms with Crippen molar-refractivity contribution >= 4 is 24.2 Å². The highest BCUT2D eigenvalue weighted by Gasteiger charge is 2.14. The van der Waals surface area contributed by atoms with Gasteiger partial charge in [0.1, 0.15) is 6.42 Å². The van der Waals surface area contributed by atoms with Gasteiger partial charge in [-0.1, -0.05) is 27.7 Å². The van der Waals surface area contributed by atoms with Crippen LogP contribution in [0, 0.1) is 11.8 Å². The van der Waals surface area contributed by atoms with Crippen LogP contribution in [-0.2, 0) is 38.0 Å². The summed E-state index contributed by atoms with van der Waals surface area (Å²) in [5.41, 5.74) is 0. The summed E-state index contributed by atoms with van der Waals surface area (Å²) in [4.78, 5) is 45.0. The van der Waals surface area contributed by atoms with Gasteiger partial charge in [0.2, 0.25) is 13.6 Å². The van der Waals surface area contributed by atoms with Gasteiger partial charge in [0, 0.05) is 0 Å². The Labute approximate surface area is 158 Å². The largest absolute Gasteiger partial charge is 0.511 e. The minimum absolute atomic E-state index is 0.191. The molecule has 0 aromatic carbocycles. The third-order valence-corrected chi connectivity index (χ3v) is 2.91. The van der Waals surface area contributed by atoms with Gasteiger partial charge >= 0.3 is 24.2 Å². The molecule has 0 saturated carbocycles. The van der Waals surface area contributed by atoms with Crippen LogP contribution in [0.5, 0.6) is 0 Å². The lowest BCUT2D eigenvalue weighted by Crippen LogP contribution is -2.19. The Morgan fingerprint density at radius 3 is 1.30 bits per heavy atom. The maximum absolute atomic E-state index is 11.4. The highest BCUT2D eigenvalue weighted by Crippen LogP contribution is 2.01. The standard InChI is InChI=1S/C17H28O10/c1-12(2)5-7-22-16(20)26-10-24-14(18)9-15(19)25-11-27-17(21)23-8-6-13(3)4/h12-13H,5-11H2,1-4H3. The van der Waals surface area contributed by atoms with E-state index in [2.05, 4.69) is 18.9 Å². The molecule has 0 heterocycles. The molecule has 0 N–H and O–H groups in total. The van der Waals surface area contributed by atoms with Crippen molar-refractivity contribution in [3.8, 4) is 0 Å². The second-order valence-electron chi connectivity index (χ2n) is 6.30. The van der Waals surface area contributed by atoms with Crippen LogP contribution in [0.25, 0.3) is 0 Å². The minimum Gasteiger partial charge on any atom is -0.434 e. The average molecular weight is 392 g/mol. The Morgan fingerprint density at radius 2 is 0.963 bits per heavy atom. The minimum atomic E-state index is -0.977. The molecule has 156 valence electrons. The monoisotopic (exact) mass is 392 g/mol. The SMILES string of the molecule is CC(C)CCOC(=O)OCOC(=O)CC(=O)OCOC(=O)OCCC(C)C. The molecule has 0 radical (unpaired) electrons. The fourth-order valence-electron chi connectivity index (χ4n) is 1.35. The van der Waals surface area contributed by atoms with Gasteiger partial charge in [0.15, 0.2) is 0 Å². The fraction of sp³-hybridized carbons (Fsp3) is 0.765. The number of carbonyl (C=O) groups excluding carboxylic acids is 4. The van der Waals surface area contributed by atoms with Crippen molar-refractivity contribution in [1.29, 1.82) is 0 Å². The number of hydrogen-bond donors (Lipinski definition) is 0. The molecule has 0 aliphatic heterocycles. The van der Waals surface area contributed by atoms with Crippen LogP contribution in [0.3, 0.4) is 0 Å². The number of hydrogen-bond acceptors (Lipinski definition) is 10. The average Bonchev–Trinajstić information content (AvgIpc) is 2.54. The second-order valence-corrected chi connectivity index (χ2v) is 6.30. The molecule has 0 aliphatic carbocycles. The van der Waals surface area contributed by atoms with E-state index in [1.165, 1.54) is 0 Å². The number of esters is 2. The van der Waals surface area contributed by atoms with E-state index in [0.29, 0.717) is 24.7 Å². The van der Waals surface area contributed by atoms with Crippen LogP contribution in [0.2, 0.25) is 0 Å². The molecule has 0 saturated heterocycles. The van der Waals surface area contributed by atoms with Crippen molar-refractivity contribution in [2.24, 2.45) is 11.8 Å². The molecule has 0 aliphatic rings. The maximum Gasteiger partial charge on any atom is 0.511 e. The zero-order valence-electron chi connectivity index (χ0n) is 16.2. The number of rotatable bonds is 12. The molecule has 0 atom stereocenters. The molecule has 0 aromatic rings. The summed E-state index contributed by atoms with van der Waals surface area (Å²) in [7, 11) is 0. The van der Waals surface area contributed by atoms with Crippen LogP contribution in [0.15, 0.2) is 0 Å². The summed E-state index contributed by atoms with van der Waals surface area (Å²) in [6.45, 7) is 6.88. The predicted molar refractivity (Wildman–Crippen MR) is 90.3 cm³/mol. The van der Waals surface area contributed by atoms with Gasteiger partial charge in [-0.15, -0.1) is 0 Å². The van der Waals surface area contributed by atoms with Crippen LogP contribution in [-0.4, -0.2) is 51.0 Å². The van der Waals surface area contributed by atoms with Gasteiger partial charge in [-0.2, -0.15) is 0 Å². The van der Waals surface area contributed by atoms with E-state index in [9.17, 15) is 19.2 Å². The lowest BCUT2D eigenvalue weighted by molar-refractivity contribution is -0.164. The number of carbonyl (C=O) groups is 4. The molecular formula is C17H28O10. The fourth-order valence-corrected chi connectivity index (χ4v) is 1.35. The first-order valence-electron chi connectivity index (χ1n) is 8.61.